The van der Waals surface area contributed by atoms with E-state index in [1.807, 2.05) is 0 Å². The van der Waals surface area contributed by atoms with Gasteiger partial charge in [-0.2, -0.15) is 5.10 Å². The smallest absolute Gasteiger partial charge is 0.184 e. The van der Waals surface area contributed by atoms with Gasteiger partial charge >= 0.3 is 0 Å². The highest BCUT2D eigenvalue weighted by Crippen LogP contribution is 2.34. The summed E-state index contributed by atoms with van der Waals surface area (Å²) in [4.78, 5) is 13.8. The molecule has 2 aliphatic rings. The molecular weight excluding hydrogens is 404 g/mol. The van der Waals surface area contributed by atoms with Crippen LogP contribution in [0.25, 0.3) is 22.7 Å². The lowest BCUT2D eigenvalue weighted by atomic mass is 10.1. The van der Waals surface area contributed by atoms with Crippen molar-refractivity contribution in [1.29, 1.82) is 0 Å². The molecule has 1 aliphatic carbocycles. The van der Waals surface area contributed by atoms with Gasteiger partial charge in [-0.3, -0.25) is 9.67 Å². The van der Waals surface area contributed by atoms with E-state index in [0.29, 0.717) is 28.5 Å². The number of nitrogens with two attached hydrogens (primary N) is 1. The number of anilines is 1. The predicted octanol–water partition coefficient (Wildman–Crippen LogP) is -0.359. The molecule has 0 bridgehead atoms. The standard InChI is InChI=1S/C19H26N8O4/c20-5-9-6-22-26-12(9)16-24-17(23-10-3-1-2-4-10)13-18(25-16)27(8-21-13)19-15(30)14(29)11(7-28)31-19/h6,8,10-11,14-15,19,28-30H,1-5,7,20H2,(H,22,26)(H,23,24,25)/t11-,14?,15?,19-/m1/s1. The second kappa shape index (κ2) is 8.13. The van der Waals surface area contributed by atoms with Gasteiger partial charge in [0.05, 0.1) is 12.9 Å². The van der Waals surface area contributed by atoms with Crippen LogP contribution in [0.1, 0.15) is 37.5 Å². The molecule has 4 atom stereocenters. The minimum absolute atomic E-state index is 0.271. The quantitative estimate of drug-likeness (QED) is 0.302. The summed E-state index contributed by atoms with van der Waals surface area (Å²) >= 11 is 0. The number of aliphatic hydroxyl groups excluding tert-OH is 3. The van der Waals surface area contributed by atoms with Crippen molar-refractivity contribution in [1.82, 2.24) is 29.7 Å². The van der Waals surface area contributed by atoms with E-state index < -0.39 is 31.1 Å². The van der Waals surface area contributed by atoms with Crippen molar-refractivity contribution in [3.05, 3.63) is 18.1 Å². The highest BCUT2D eigenvalue weighted by molar-refractivity contribution is 5.85. The number of imidazole rings is 1. The molecule has 166 valence electrons. The molecule has 31 heavy (non-hydrogen) atoms. The number of aliphatic hydroxyl groups is 3. The fraction of sp³-hybridized carbons (Fsp3) is 0.579. The normalized spacial score (nSPS) is 26.8. The second-order valence-corrected chi connectivity index (χ2v) is 8.04. The maximum absolute atomic E-state index is 10.5. The Labute approximate surface area is 177 Å². The zero-order valence-electron chi connectivity index (χ0n) is 16.8. The van der Waals surface area contributed by atoms with Crippen LogP contribution < -0.4 is 11.1 Å². The van der Waals surface area contributed by atoms with E-state index in [-0.39, 0.29) is 12.6 Å². The van der Waals surface area contributed by atoms with Gasteiger partial charge in [-0.15, -0.1) is 0 Å². The number of nitrogens with one attached hydrogen (secondary N) is 2. The average Bonchev–Trinajstić information content (AvgIpc) is 3.56. The van der Waals surface area contributed by atoms with Gasteiger partial charge in [0, 0.05) is 24.3 Å². The largest absolute Gasteiger partial charge is 0.394 e. The molecule has 2 fully saturated rings. The molecule has 12 nitrogen and oxygen atoms in total. The third-order valence-corrected chi connectivity index (χ3v) is 6.06. The van der Waals surface area contributed by atoms with E-state index >= 15 is 0 Å². The Bertz CT molecular complexity index is 1060. The van der Waals surface area contributed by atoms with Crippen LogP contribution in [-0.2, 0) is 11.3 Å². The van der Waals surface area contributed by atoms with Crippen LogP contribution in [0.3, 0.4) is 0 Å². The monoisotopic (exact) mass is 430 g/mol. The molecule has 1 saturated heterocycles. The number of fused-ring (bicyclic) bond motifs is 1. The topological polar surface area (TPSA) is 180 Å². The van der Waals surface area contributed by atoms with E-state index in [9.17, 15) is 15.3 Å². The van der Waals surface area contributed by atoms with Crippen molar-refractivity contribution < 1.29 is 20.1 Å². The first-order valence-corrected chi connectivity index (χ1v) is 10.5. The summed E-state index contributed by atoms with van der Waals surface area (Å²) in [6, 6.07) is 0.290. The second-order valence-electron chi connectivity index (χ2n) is 8.04. The first-order valence-electron chi connectivity index (χ1n) is 10.5. The number of hydrogen-bond donors (Lipinski definition) is 6. The summed E-state index contributed by atoms with van der Waals surface area (Å²) < 4.78 is 7.24. The fourth-order valence-corrected chi connectivity index (χ4v) is 4.35. The van der Waals surface area contributed by atoms with Gasteiger partial charge in [0.2, 0.25) is 0 Å². The Kier molecular flexibility index (Phi) is 5.32. The predicted molar refractivity (Wildman–Crippen MR) is 110 cm³/mol. The number of aromatic amines is 1. The van der Waals surface area contributed by atoms with E-state index in [1.165, 1.54) is 6.33 Å². The number of aromatic nitrogens is 6. The zero-order valence-corrected chi connectivity index (χ0v) is 16.8. The molecule has 0 amide bonds. The number of H-pyrrole nitrogens is 1. The van der Waals surface area contributed by atoms with E-state index in [4.69, 9.17) is 15.5 Å². The summed E-state index contributed by atoms with van der Waals surface area (Å²) in [6.45, 7) is -0.143. The summed E-state index contributed by atoms with van der Waals surface area (Å²) in [5.41, 5.74) is 8.09. The van der Waals surface area contributed by atoms with Gasteiger partial charge in [0.1, 0.15) is 24.0 Å². The number of ether oxygens (including phenoxy) is 1. The molecule has 1 saturated carbocycles. The van der Waals surface area contributed by atoms with Gasteiger partial charge in [0.25, 0.3) is 0 Å². The molecule has 1 aliphatic heterocycles. The SMILES string of the molecule is NCc1c[nH]nc1-c1nc(NC2CCCC2)c2ncn([C@@H]3O[C@H](CO)C(O)C3O)c2n1. The van der Waals surface area contributed by atoms with E-state index in [0.717, 1.165) is 31.2 Å². The minimum Gasteiger partial charge on any atom is -0.394 e. The highest BCUT2D eigenvalue weighted by Gasteiger charge is 2.44. The minimum atomic E-state index is -1.25. The third kappa shape index (κ3) is 3.46. The number of nitrogens with zero attached hydrogens (tertiary/aromatic N) is 5. The van der Waals surface area contributed by atoms with Gasteiger partial charge in [-0.25, -0.2) is 15.0 Å². The maximum Gasteiger partial charge on any atom is 0.184 e. The number of hydrogen-bond acceptors (Lipinski definition) is 10. The molecule has 7 N–H and O–H groups in total. The van der Waals surface area contributed by atoms with Gasteiger partial charge < -0.3 is 31.1 Å². The van der Waals surface area contributed by atoms with Crippen LogP contribution in [0.15, 0.2) is 12.5 Å². The van der Waals surface area contributed by atoms with Crippen molar-refractivity contribution in [2.75, 3.05) is 11.9 Å². The third-order valence-electron chi connectivity index (χ3n) is 6.06. The molecule has 3 aromatic heterocycles. The summed E-state index contributed by atoms with van der Waals surface area (Å²) in [5, 5.41) is 40.6. The summed E-state index contributed by atoms with van der Waals surface area (Å²) in [6.07, 6.45) is 3.30. The molecule has 4 heterocycles. The Morgan fingerprint density at radius 3 is 2.74 bits per heavy atom. The van der Waals surface area contributed by atoms with E-state index in [2.05, 4.69) is 25.5 Å². The summed E-state index contributed by atoms with van der Waals surface area (Å²) in [5.74, 6) is 0.937. The molecule has 0 radical (unpaired) electrons. The maximum atomic E-state index is 10.5. The molecule has 5 rings (SSSR count). The fourth-order valence-electron chi connectivity index (χ4n) is 4.35. The summed E-state index contributed by atoms with van der Waals surface area (Å²) in [7, 11) is 0. The Morgan fingerprint density at radius 1 is 1.23 bits per heavy atom. The van der Waals surface area contributed by atoms with Gasteiger partial charge in [-0.1, -0.05) is 12.8 Å². The molecule has 0 aromatic carbocycles. The van der Waals surface area contributed by atoms with Crippen molar-refractivity contribution in [2.24, 2.45) is 5.73 Å². The Hall–Kier alpha value is -2.64. The van der Waals surface area contributed by atoms with Crippen LogP contribution in [-0.4, -0.2) is 76.0 Å². The Balaban J connectivity index is 1.62. The van der Waals surface area contributed by atoms with Crippen molar-refractivity contribution >= 4 is 17.0 Å². The van der Waals surface area contributed by atoms with Gasteiger partial charge in [0.15, 0.2) is 29.0 Å². The van der Waals surface area contributed by atoms with Crippen molar-refractivity contribution in [3.8, 4) is 11.5 Å². The van der Waals surface area contributed by atoms with Gasteiger partial charge in [-0.05, 0) is 12.8 Å². The zero-order chi connectivity index (χ0) is 21.5. The van der Waals surface area contributed by atoms with E-state index in [1.54, 1.807) is 10.8 Å². The lowest BCUT2D eigenvalue weighted by molar-refractivity contribution is -0.0511. The van der Waals surface area contributed by atoms with Crippen LogP contribution in [0.5, 0.6) is 0 Å². The molecule has 3 aromatic rings. The molecule has 2 unspecified atom stereocenters. The Morgan fingerprint density at radius 2 is 2.03 bits per heavy atom. The van der Waals surface area contributed by atoms with Crippen LogP contribution in [0.4, 0.5) is 5.82 Å². The van der Waals surface area contributed by atoms with Crippen LogP contribution in [0, 0.1) is 0 Å². The van der Waals surface area contributed by atoms with Crippen LogP contribution in [0.2, 0.25) is 0 Å². The van der Waals surface area contributed by atoms with Crippen LogP contribution >= 0.6 is 0 Å². The molecule has 12 heteroatoms. The van der Waals surface area contributed by atoms with Crippen molar-refractivity contribution in [2.45, 2.75) is 62.8 Å². The first-order chi connectivity index (χ1) is 15.1. The highest BCUT2D eigenvalue weighted by atomic mass is 16.6. The van der Waals surface area contributed by atoms with Crippen molar-refractivity contribution in [3.63, 3.8) is 0 Å². The lowest BCUT2D eigenvalue weighted by Crippen LogP contribution is -2.33. The average molecular weight is 430 g/mol. The number of rotatable bonds is 6. The molecule has 0 spiro atoms. The lowest BCUT2D eigenvalue weighted by Gasteiger charge is -2.18. The first kappa shape index (κ1) is 20.3. The molecular formula is C19H26N8O4.